The van der Waals surface area contributed by atoms with E-state index in [2.05, 4.69) is 39.0 Å². The minimum Gasteiger partial charge on any atom is -0.0654 e. The molecule has 1 radical (unpaired) electrons. The van der Waals surface area contributed by atoms with E-state index in [9.17, 15) is 0 Å². The molecule has 0 fully saturated rings. The Morgan fingerprint density at radius 1 is 0.750 bits per heavy atom. The summed E-state index contributed by atoms with van der Waals surface area (Å²) in [7, 11) is 0. The predicted octanol–water partition coefficient (Wildman–Crippen LogP) is 6.29. The van der Waals surface area contributed by atoms with Crippen LogP contribution in [0.3, 0.4) is 0 Å². The van der Waals surface area contributed by atoms with Gasteiger partial charge < -0.3 is 0 Å². The first-order valence-electron chi connectivity index (χ1n) is 8.84. The lowest BCUT2D eigenvalue weighted by Gasteiger charge is -2.15. The predicted molar refractivity (Wildman–Crippen MR) is 90.3 cm³/mol. The molecule has 1 aromatic rings. The molecule has 0 aliphatic rings. The molecule has 0 heteroatoms. The number of unbranched alkanes of at least 4 members (excludes halogenated alkanes) is 5. The third-order valence-electron chi connectivity index (χ3n) is 4.15. The maximum absolute atomic E-state index is 3.53. The molecule has 0 heterocycles. The average molecular weight is 273 g/mol. The molecule has 0 aromatic heterocycles. The van der Waals surface area contributed by atoms with E-state index in [4.69, 9.17) is 0 Å². The Morgan fingerprint density at radius 2 is 1.40 bits per heavy atom. The third kappa shape index (κ3) is 6.11. The van der Waals surface area contributed by atoms with E-state index in [1.54, 1.807) is 11.1 Å². The summed E-state index contributed by atoms with van der Waals surface area (Å²) < 4.78 is 0. The number of aryl methyl sites for hydroxylation is 2. The Bertz CT molecular complexity index is 351. The summed E-state index contributed by atoms with van der Waals surface area (Å²) in [4.78, 5) is 0. The van der Waals surface area contributed by atoms with Gasteiger partial charge in [-0.1, -0.05) is 65.0 Å². The second-order valence-corrected chi connectivity index (χ2v) is 5.98. The Balaban J connectivity index is 2.77. The Labute approximate surface area is 127 Å². The summed E-state index contributed by atoms with van der Waals surface area (Å²) in [6.07, 6.45) is 14.4. The molecule has 1 rings (SSSR count). The van der Waals surface area contributed by atoms with Crippen molar-refractivity contribution in [3.05, 3.63) is 34.9 Å². The first-order chi connectivity index (χ1) is 9.83. The Morgan fingerprint density at radius 3 is 2.05 bits per heavy atom. The van der Waals surface area contributed by atoms with Crippen LogP contribution in [0.5, 0.6) is 0 Å². The number of hydrogen-bond acceptors (Lipinski definition) is 0. The number of rotatable bonds is 11. The summed E-state index contributed by atoms with van der Waals surface area (Å²) >= 11 is 0. The van der Waals surface area contributed by atoms with Crippen molar-refractivity contribution in [1.82, 2.24) is 0 Å². The standard InChI is InChI=1S/C20H33/c1-4-7-10-14-19-16-12-15-18(13-9-6-3)20(19)17-11-8-5-2/h12,16H,4-11,13-14,17H2,1-3H3. The van der Waals surface area contributed by atoms with Crippen LogP contribution in [0.25, 0.3) is 0 Å². The summed E-state index contributed by atoms with van der Waals surface area (Å²) in [6.45, 7) is 6.85. The van der Waals surface area contributed by atoms with Gasteiger partial charge in [-0.15, -0.1) is 0 Å². The van der Waals surface area contributed by atoms with Crippen molar-refractivity contribution in [3.63, 3.8) is 0 Å². The minimum atomic E-state index is 1.22. The lowest BCUT2D eigenvalue weighted by Crippen LogP contribution is -2.02. The molecule has 0 bridgehead atoms. The van der Waals surface area contributed by atoms with Gasteiger partial charge in [0.1, 0.15) is 0 Å². The van der Waals surface area contributed by atoms with Crippen LogP contribution in [-0.4, -0.2) is 0 Å². The molecular formula is C20H33. The highest BCUT2D eigenvalue weighted by Crippen LogP contribution is 2.21. The van der Waals surface area contributed by atoms with E-state index in [1.807, 2.05) is 0 Å². The van der Waals surface area contributed by atoms with Gasteiger partial charge in [-0.25, -0.2) is 0 Å². The van der Waals surface area contributed by atoms with Gasteiger partial charge in [0.05, 0.1) is 0 Å². The van der Waals surface area contributed by atoms with E-state index in [1.165, 1.54) is 76.2 Å². The van der Waals surface area contributed by atoms with E-state index < -0.39 is 0 Å². The third-order valence-corrected chi connectivity index (χ3v) is 4.15. The quantitative estimate of drug-likeness (QED) is 0.415. The van der Waals surface area contributed by atoms with Crippen LogP contribution in [0, 0.1) is 6.07 Å². The molecular weight excluding hydrogens is 240 g/mol. The van der Waals surface area contributed by atoms with Crippen molar-refractivity contribution in [3.8, 4) is 0 Å². The van der Waals surface area contributed by atoms with Crippen LogP contribution in [0.15, 0.2) is 12.1 Å². The molecule has 20 heavy (non-hydrogen) atoms. The molecule has 0 aliphatic heterocycles. The van der Waals surface area contributed by atoms with Crippen LogP contribution in [-0.2, 0) is 19.3 Å². The molecule has 0 saturated heterocycles. The second kappa shape index (κ2) is 10.9. The minimum absolute atomic E-state index is 1.22. The SMILES string of the molecule is CCCCCc1cc[c]c(CCCC)c1CCCCC. The van der Waals surface area contributed by atoms with Gasteiger partial charge in [0, 0.05) is 0 Å². The molecule has 0 unspecified atom stereocenters. The fourth-order valence-corrected chi connectivity index (χ4v) is 2.86. The fourth-order valence-electron chi connectivity index (χ4n) is 2.86. The summed E-state index contributed by atoms with van der Waals surface area (Å²) in [6, 6.07) is 8.02. The monoisotopic (exact) mass is 273 g/mol. The van der Waals surface area contributed by atoms with E-state index in [-0.39, 0.29) is 0 Å². The lowest BCUT2D eigenvalue weighted by atomic mass is 9.91. The molecule has 0 aliphatic carbocycles. The van der Waals surface area contributed by atoms with Gasteiger partial charge in [0.2, 0.25) is 0 Å². The molecule has 0 nitrogen and oxygen atoms in total. The normalized spacial score (nSPS) is 10.9. The first-order valence-corrected chi connectivity index (χ1v) is 8.84. The summed E-state index contributed by atoms with van der Waals surface area (Å²) in [5, 5.41) is 0. The zero-order valence-corrected chi connectivity index (χ0v) is 13.9. The smallest absolute Gasteiger partial charge is 0.0146 e. The maximum Gasteiger partial charge on any atom is -0.0146 e. The molecule has 0 N–H and O–H groups in total. The van der Waals surface area contributed by atoms with Crippen molar-refractivity contribution in [2.75, 3.05) is 0 Å². The molecule has 0 saturated carbocycles. The summed E-state index contributed by atoms with van der Waals surface area (Å²) in [5.41, 5.74) is 4.77. The van der Waals surface area contributed by atoms with Gasteiger partial charge in [0.25, 0.3) is 0 Å². The lowest BCUT2D eigenvalue weighted by molar-refractivity contribution is 0.685. The van der Waals surface area contributed by atoms with Crippen molar-refractivity contribution >= 4 is 0 Å². The maximum atomic E-state index is 3.53. The van der Waals surface area contributed by atoms with Gasteiger partial charge >= 0.3 is 0 Å². The Hall–Kier alpha value is -0.780. The summed E-state index contributed by atoms with van der Waals surface area (Å²) in [5.74, 6) is 0. The van der Waals surface area contributed by atoms with Crippen LogP contribution in [0.1, 0.15) is 88.8 Å². The highest BCUT2D eigenvalue weighted by Gasteiger charge is 2.08. The second-order valence-electron chi connectivity index (χ2n) is 5.98. The van der Waals surface area contributed by atoms with Crippen molar-refractivity contribution in [1.29, 1.82) is 0 Å². The average Bonchev–Trinajstić information content (AvgIpc) is 2.47. The zero-order valence-electron chi connectivity index (χ0n) is 13.9. The molecule has 0 atom stereocenters. The Kier molecular flexibility index (Phi) is 9.45. The van der Waals surface area contributed by atoms with Crippen molar-refractivity contribution < 1.29 is 0 Å². The van der Waals surface area contributed by atoms with E-state index in [0.717, 1.165) is 0 Å². The van der Waals surface area contributed by atoms with Crippen LogP contribution >= 0.6 is 0 Å². The van der Waals surface area contributed by atoms with Crippen molar-refractivity contribution in [2.45, 2.75) is 91.4 Å². The number of benzene rings is 1. The van der Waals surface area contributed by atoms with Gasteiger partial charge in [0.15, 0.2) is 0 Å². The fraction of sp³-hybridized carbons (Fsp3) is 0.700. The van der Waals surface area contributed by atoms with Crippen LogP contribution in [0.4, 0.5) is 0 Å². The molecule has 0 spiro atoms. The zero-order chi connectivity index (χ0) is 14.6. The highest BCUT2D eigenvalue weighted by atomic mass is 14.1. The van der Waals surface area contributed by atoms with Crippen LogP contribution in [0.2, 0.25) is 0 Å². The van der Waals surface area contributed by atoms with Gasteiger partial charge in [-0.2, -0.15) is 0 Å². The topological polar surface area (TPSA) is 0 Å². The first kappa shape index (κ1) is 17.3. The molecule has 113 valence electrons. The van der Waals surface area contributed by atoms with Gasteiger partial charge in [-0.3, -0.25) is 0 Å². The van der Waals surface area contributed by atoms with E-state index >= 15 is 0 Å². The van der Waals surface area contributed by atoms with Crippen molar-refractivity contribution in [2.24, 2.45) is 0 Å². The van der Waals surface area contributed by atoms with Gasteiger partial charge in [-0.05, 0) is 61.3 Å². The molecule has 0 amide bonds. The van der Waals surface area contributed by atoms with E-state index in [0.29, 0.717) is 0 Å². The molecule has 1 aromatic carbocycles. The highest BCUT2D eigenvalue weighted by molar-refractivity contribution is 5.35. The number of hydrogen-bond donors (Lipinski definition) is 0. The largest absolute Gasteiger partial charge is 0.0654 e. The van der Waals surface area contributed by atoms with Crippen LogP contribution < -0.4 is 0 Å².